The van der Waals surface area contributed by atoms with E-state index in [1.807, 2.05) is 11.0 Å². The lowest BCUT2D eigenvalue weighted by molar-refractivity contribution is -0.0630. The fourth-order valence-corrected chi connectivity index (χ4v) is 3.38. The van der Waals surface area contributed by atoms with Gasteiger partial charge in [-0.2, -0.15) is 0 Å². The maximum absolute atomic E-state index is 14.4. The summed E-state index contributed by atoms with van der Waals surface area (Å²) in [4.78, 5) is 16.2. The van der Waals surface area contributed by atoms with Crippen LogP contribution in [0.2, 0.25) is 0 Å². The monoisotopic (exact) mass is 323 g/mol. The maximum Gasteiger partial charge on any atom is 0.344 e. The number of hydrogen-bond donors (Lipinski definition) is 0. The van der Waals surface area contributed by atoms with E-state index in [9.17, 15) is 9.28 Å². The first-order chi connectivity index (χ1) is 10.6. The van der Waals surface area contributed by atoms with Gasteiger partial charge in [-0.3, -0.25) is 4.90 Å². The van der Waals surface area contributed by atoms with Gasteiger partial charge in [0.05, 0.1) is 5.56 Å². The second-order valence-electron chi connectivity index (χ2n) is 5.32. The summed E-state index contributed by atoms with van der Waals surface area (Å²) >= 11 is 1.32. The van der Waals surface area contributed by atoms with Gasteiger partial charge in [0, 0.05) is 31.6 Å². The first-order valence-electron chi connectivity index (χ1n) is 7.15. The molecule has 2 aliphatic rings. The predicted octanol–water partition coefficient (Wildman–Crippen LogP) is 2.11. The van der Waals surface area contributed by atoms with Crippen molar-refractivity contribution in [2.45, 2.75) is 5.50 Å². The topological polar surface area (TPSA) is 36.0 Å². The van der Waals surface area contributed by atoms with Crippen LogP contribution in [0.1, 0.15) is 10.4 Å². The number of hydrogen-bond acceptors (Lipinski definition) is 6. The van der Waals surface area contributed by atoms with E-state index in [1.54, 1.807) is 29.7 Å². The molecule has 3 rings (SSSR count). The lowest BCUT2D eigenvalue weighted by Crippen LogP contribution is -2.50. The summed E-state index contributed by atoms with van der Waals surface area (Å²) in [7, 11) is 2.05. The molecule has 7 heteroatoms. The molecule has 0 saturated carbocycles. The molecule has 2 aliphatic heterocycles. The molecule has 0 radical (unpaired) electrons. The fraction of sp³-hybridized carbons (Fsp3) is 0.400. The molecule has 0 aromatic heterocycles. The molecule has 22 heavy (non-hydrogen) atoms. The van der Waals surface area contributed by atoms with Crippen LogP contribution in [0.15, 0.2) is 41.6 Å². The highest BCUT2D eigenvalue weighted by atomic mass is 32.2. The first-order valence-corrected chi connectivity index (χ1v) is 8.10. The average molecular weight is 323 g/mol. The minimum absolute atomic E-state index is 0.0391. The van der Waals surface area contributed by atoms with Crippen LogP contribution in [0.25, 0.3) is 0 Å². The lowest BCUT2D eigenvalue weighted by atomic mass is 10.2. The van der Waals surface area contributed by atoms with Crippen molar-refractivity contribution in [3.63, 3.8) is 0 Å². The number of carbonyl (C=O) groups is 1. The number of carbonyl (C=O) groups excluding carboxylic acids is 1. The summed E-state index contributed by atoms with van der Waals surface area (Å²) in [6, 6.07) is 8.59. The fourth-order valence-electron chi connectivity index (χ4n) is 2.40. The van der Waals surface area contributed by atoms with Crippen molar-refractivity contribution in [3.05, 3.63) is 47.2 Å². The minimum Gasteiger partial charge on any atom is -0.403 e. The van der Waals surface area contributed by atoms with Crippen LogP contribution < -0.4 is 0 Å². The van der Waals surface area contributed by atoms with Gasteiger partial charge < -0.3 is 9.64 Å². The largest absolute Gasteiger partial charge is 0.403 e. The van der Waals surface area contributed by atoms with Crippen molar-refractivity contribution in [2.75, 3.05) is 33.2 Å². The molecule has 1 fully saturated rings. The Kier molecular flexibility index (Phi) is 4.66. The molecule has 5 nitrogen and oxygen atoms in total. The van der Waals surface area contributed by atoms with E-state index in [2.05, 4.69) is 11.9 Å². The molecule has 0 N–H and O–H groups in total. The zero-order chi connectivity index (χ0) is 15.5. The van der Waals surface area contributed by atoms with Crippen LogP contribution >= 0.6 is 11.8 Å². The molecule has 2 heterocycles. The number of likely N-dealkylation sites (N-methyl/N-ethyl adjacent to an activating group) is 1. The van der Waals surface area contributed by atoms with Gasteiger partial charge in [0.15, 0.2) is 5.50 Å². The highest BCUT2D eigenvalue weighted by molar-refractivity contribution is 8.02. The number of piperazine rings is 1. The number of benzene rings is 1. The summed E-state index contributed by atoms with van der Waals surface area (Å²) in [5.74, 6) is -0.586. The molecular formula is C15H18FN3O2S. The number of thioether (sulfide) groups is 1. The van der Waals surface area contributed by atoms with Crippen LogP contribution in [-0.4, -0.2) is 59.6 Å². The van der Waals surface area contributed by atoms with Gasteiger partial charge in [0.25, 0.3) is 0 Å². The molecular weight excluding hydrogens is 305 g/mol. The van der Waals surface area contributed by atoms with Gasteiger partial charge in [-0.1, -0.05) is 34.4 Å². The summed E-state index contributed by atoms with van der Waals surface area (Å²) < 4.78 is 19.6. The van der Waals surface area contributed by atoms with Gasteiger partial charge >= 0.3 is 5.97 Å². The van der Waals surface area contributed by atoms with Crippen LogP contribution in [0.5, 0.6) is 0 Å². The number of ether oxygens (including phenoxy) is 1. The molecule has 1 aromatic carbocycles. The zero-order valence-corrected chi connectivity index (χ0v) is 13.1. The van der Waals surface area contributed by atoms with E-state index in [0.29, 0.717) is 10.7 Å². The highest BCUT2D eigenvalue weighted by Crippen LogP contribution is 2.34. The van der Waals surface area contributed by atoms with Gasteiger partial charge in [-0.15, -0.1) is 5.12 Å². The van der Waals surface area contributed by atoms with Crippen molar-refractivity contribution < 1.29 is 14.0 Å². The molecule has 118 valence electrons. The third-order valence-electron chi connectivity index (χ3n) is 3.75. The Hall–Kier alpha value is -1.57. The molecule has 0 amide bonds. The van der Waals surface area contributed by atoms with Gasteiger partial charge in [0.2, 0.25) is 5.88 Å². The lowest BCUT2D eigenvalue weighted by Gasteiger charge is -2.37. The zero-order valence-electron chi connectivity index (χ0n) is 12.3. The van der Waals surface area contributed by atoms with E-state index < -0.39 is 11.5 Å². The third-order valence-corrected chi connectivity index (χ3v) is 4.82. The molecule has 1 unspecified atom stereocenters. The summed E-state index contributed by atoms with van der Waals surface area (Å²) in [5.41, 5.74) is -0.0443. The van der Waals surface area contributed by atoms with Crippen LogP contribution in [-0.2, 0) is 4.74 Å². The first kappa shape index (κ1) is 15.3. The Morgan fingerprint density at radius 3 is 2.59 bits per heavy atom. The van der Waals surface area contributed by atoms with Crippen molar-refractivity contribution in [3.8, 4) is 0 Å². The van der Waals surface area contributed by atoms with E-state index in [0.717, 1.165) is 26.2 Å². The Morgan fingerprint density at radius 2 is 1.91 bits per heavy atom. The number of rotatable bonds is 3. The quantitative estimate of drug-likeness (QED) is 0.626. The van der Waals surface area contributed by atoms with Gasteiger partial charge in [-0.25, -0.2) is 4.79 Å². The standard InChI is InChI=1S/C15H18FN3O2S/c1-17-7-9-18(10-8-17)15-19(16)13(11-22-15)21-14(20)12-5-3-2-4-6-12/h2-6,11,15H,7-10H2,1H3. The second kappa shape index (κ2) is 6.68. The maximum atomic E-state index is 14.4. The van der Waals surface area contributed by atoms with Gasteiger partial charge in [-0.05, 0) is 19.2 Å². The predicted molar refractivity (Wildman–Crippen MR) is 83.3 cm³/mol. The summed E-state index contributed by atoms with van der Waals surface area (Å²) in [5, 5.41) is 2.10. The Bertz CT molecular complexity index is 561. The van der Waals surface area contributed by atoms with E-state index in [4.69, 9.17) is 4.74 Å². The van der Waals surface area contributed by atoms with E-state index in [1.165, 1.54) is 11.8 Å². The molecule has 1 atom stereocenters. The smallest absolute Gasteiger partial charge is 0.344 e. The SMILES string of the molecule is CN1CCN(C2SC=C(OC(=O)c3ccccc3)N2F)CC1. The Balaban J connectivity index is 1.59. The minimum atomic E-state index is -0.547. The highest BCUT2D eigenvalue weighted by Gasteiger charge is 2.36. The number of esters is 1. The van der Waals surface area contributed by atoms with Gasteiger partial charge in [0.1, 0.15) is 0 Å². The molecule has 1 saturated heterocycles. The number of nitrogens with zero attached hydrogens (tertiary/aromatic N) is 3. The van der Waals surface area contributed by atoms with Crippen LogP contribution in [0.3, 0.4) is 0 Å². The van der Waals surface area contributed by atoms with Crippen LogP contribution in [0.4, 0.5) is 4.48 Å². The Morgan fingerprint density at radius 1 is 1.23 bits per heavy atom. The van der Waals surface area contributed by atoms with Crippen molar-refractivity contribution in [1.82, 2.24) is 14.9 Å². The van der Waals surface area contributed by atoms with E-state index >= 15 is 0 Å². The molecule has 1 aromatic rings. The van der Waals surface area contributed by atoms with Crippen molar-refractivity contribution in [1.29, 1.82) is 0 Å². The van der Waals surface area contributed by atoms with Crippen molar-refractivity contribution >= 4 is 17.7 Å². The molecule has 0 aliphatic carbocycles. The van der Waals surface area contributed by atoms with Crippen LogP contribution in [0, 0.1) is 0 Å². The van der Waals surface area contributed by atoms with Crippen molar-refractivity contribution in [2.24, 2.45) is 0 Å². The second-order valence-corrected chi connectivity index (χ2v) is 6.25. The average Bonchev–Trinajstić information content (AvgIpc) is 2.90. The Labute approximate surface area is 133 Å². The normalized spacial score (nSPS) is 23.5. The molecule has 0 bridgehead atoms. The molecule has 0 spiro atoms. The summed E-state index contributed by atoms with van der Waals surface area (Å²) in [6.07, 6.45) is 0. The third kappa shape index (κ3) is 3.26. The summed E-state index contributed by atoms with van der Waals surface area (Å²) in [6.45, 7) is 3.40. The van der Waals surface area contributed by atoms with E-state index in [-0.39, 0.29) is 5.88 Å². The number of halogens is 1.